The maximum absolute atomic E-state index is 14.3. The first kappa shape index (κ1) is 17.6. The van der Waals surface area contributed by atoms with Crippen LogP contribution in [-0.2, 0) is 0 Å². The van der Waals surface area contributed by atoms with Crippen molar-refractivity contribution in [3.63, 3.8) is 0 Å². The number of ether oxygens (including phenoxy) is 2. The molecule has 0 aliphatic rings. The van der Waals surface area contributed by atoms with Crippen molar-refractivity contribution in [1.82, 2.24) is 0 Å². The van der Waals surface area contributed by atoms with Crippen LogP contribution in [-0.4, -0.2) is 13.2 Å². The normalized spacial score (nSPS) is 9.55. The van der Waals surface area contributed by atoms with E-state index in [1.54, 1.807) is 19.9 Å². The van der Waals surface area contributed by atoms with Gasteiger partial charge in [-0.1, -0.05) is 24.8 Å². The minimum Gasteiger partial charge on any atom is -0.498 e. The Morgan fingerprint density at radius 2 is 1.77 bits per heavy atom. The molecule has 1 aromatic carbocycles. The molecule has 0 fully saturated rings. The largest absolute Gasteiger partial charge is 0.498 e. The van der Waals surface area contributed by atoms with Gasteiger partial charge in [-0.05, 0) is 25.0 Å². The Hall–Kier alpha value is -2.50. The Balaban J connectivity index is 3.49. The molecule has 0 saturated carbocycles. The molecule has 1 rings (SSSR count). The highest BCUT2D eigenvalue weighted by molar-refractivity contribution is 6.34. The molecule has 0 aliphatic heterocycles. The van der Waals surface area contributed by atoms with E-state index in [0.717, 1.165) is 0 Å². The average Bonchev–Trinajstić information content (AvgIpc) is 2.45. The van der Waals surface area contributed by atoms with Crippen LogP contribution in [0, 0.1) is 23.7 Å². The molecule has 0 N–H and O–H groups in total. The number of nitriles is 1. The summed E-state index contributed by atoms with van der Waals surface area (Å²) >= 11 is 6.15. The number of hydrogen-bond acceptors (Lipinski definition) is 3. The quantitative estimate of drug-likeness (QED) is 0.558. The van der Waals surface area contributed by atoms with Crippen LogP contribution in [0.15, 0.2) is 24.3 Å². The Kier molecular flexibility index (Phi) is 5.98. The Morgan fingerprint density at radius 3 is 2.18 bits per heavy atom. The molecule has 4 nitrogen and oxygen atoms in total. The molecule has 0 saturated heterocycles. The molecule has 0 radical (unpaired) electrons. The van der Waals surface area contributed by atoms with Crippen LogP contribution in [0.2, 0.25) is 5.02 Å². The van der Waals surface area contributed by atoms with Crippen LogP contribution in [0.3, 0.4) is 0 Å². The molecular formula is C16H14ClFN2O2. The van der Waals surface area contributed by atoms with Gasteiger partial charge in [0.1, 0.15) is 29.9 Å². The third-order valence-electron chi connectivity index (χ3n) is 2.42. The number of nitrogens with zero attached hydrogens (tertiary/aromatic N) is 2. The van der Waals surface area contributed by atoms with Crippen molar-refractivity contribution in [3.05, 3.63) is 52.1 Å². The first-order valence-electron chi connectivity index (χ1n) is 6.20. The lowest BCUT2D eigenvalue weighted by Crippen LogP contribution is -2.05. The lowest BCUT2D eigenvalue weighted by Gasteiger charge is -2.16. The number of rotatable bonds is 6. The van der Waals surface area contributed by atoms with Gasteiger partial charge >= 0.3 is 0 Å². The first-order valence-corrected chi connectivity index (χ1v) is 6.58. The zero-order valence-electron chi connectivity index (χ0n) is 12.3. The van der Waals surface area contributed by atoms with Crippen LogP contribution in [0.25, 0.3) is 4.85 Å². The fourth-order valence-electron chi connectivity index (χ4n) is 1.49. The van der Waals surface area contributed by atoms with Gasteiger partial charge in [0.25, 0.3) is 5.69 Å². The molecule has 0 aliphatic carbocycles. The summed E-state index contributed by atoms with van der Waals surface area (Å²) in [5.41, 5.74) is 0.450. The van der Waals surface area contributed by atoms with Gasteiger partial charge in [-0.25, -0.2) is 9.24 Å². The molecule has 0 heterocycles. The van der Waals surface area contributed by atoms with E-state index in [2.05, 4.69) is 18.0 Å². The summed E-state index contributed by atoms with van der Waals surface area (Å²) in [5, 5.41) is 8.99. The van der Waals surface area contributed by atoms with E-state index in [1.807, 2.05) is 0 Å². The van der Waals surface area contributed by atoms with E-state index in [9.17, 15) is 4.39 Å². The lowest BCUT2D eigenvalue weighted by molar-refractivity contribution is 0.332. The van der Waals surface area contributed by atoms with Crippen molar-refractivity contribution in [2.75, 3.05) is 13.2 Å². The third-order valence-corrected chi connectivity index (χ3v) is 2.76. The number of hydrogen-bond donors (Lipinski definition) is 0. The second-order valence-electron chi connectivity index (χ2n) is 4.72. The van der Waals surface area contributed by atoms with Gasteiger partial charge in [-0.3, -0.25) is 0 Å². The summed E-state index contributed by atoms with van der Waals surface area (Å²) in [6, 6.07) is 1.66. The van der Waals surface area contributed by atoms with Crippen LogP contribution >= 0.6 is 11.6 Å². The van der Waals surface area contributed by atoms with Crippen molar-refractivity contribution >= 4 is 17.3 Å². The molecule has 114 valence electrons. The topological polar surface area (TPSA) is 46.6 Å². The second kappa shape index (κ2) is 7.49. The molecule has 22 heavy (non-hydrogen) atoms. The molecule has 0 spiro atoms. The molecule has 1 aromatic rings. The Bertz CT molecular complexity index is 657. The summed E-state index contributed by atoms with van der Waals surface area (Å²) < 4.78 is 25.0. The van der Waals surface area contributed by atoms with Crippen molar-refractivity contribution in [2.45, 2.75) is 13.8 Å². The van der Waals surface area contributed by atoms with E-state index in [-0.39, 0.29) is 29.7 Å². The zero-order chi connectivity index (χ0) is 16.9. The van der Waals surface area contributed by atoms with Gasteiger partial charge in [0.05, 0.1) is 6.57 Å². The fourth-order valence-corrected chi connectivity index (χ4v) is 1.79. The van der Waals surface area contributed by atoms with Crippen LogP contribution in [0.1, 0.15) is 19.4 Å². The monoisotopic (exact) mass is 320 g/mol. The highest BCUT2D eigenvalue weighted by Gasteiger charge is 2.26. The van der Waals surface area contributed by atoms with E-state index in [0.29, 0.717) is 11.1 Å². The van der Waals surface area contributed by atoms with Crippen molar-refractivity contribution in [2.24, 2.45) is 0 Å². The Morgan fingerprint density at radius 1 is 1.27 bits per heavy atom. The molecular weight excluding hydrogens is 307 g/mol. The van der Waals surface area contributed by atoms with Gasteiger partial charge in [0.15, 0.2) is 17.3 Å². The Labute approximate surface area is 133 Å². The molecule has 0 amide bonds. The molecule has 0 unspecified atom stereocenters. The van der Waals surface area contributed by atoms with Crippen LogP contribution < -0.4 is 9.47 Å². The van der Waals surface area contributed by atoms with Gasteiger partial charge in [-0.15, -0.1) is 0 Å². The highest BCUT2D eigenvalue weighted by Crippen LogP contribution is 2.46. The van der Waals surface area contributed by atoms with Gasteiger partial charge in [0, 0.05) is 0 Å². The smallest absolute Gasteiger partial charge is 0.266 e. The highest BCUT2D eigenvalue weighted by atomic mass is 35.5. The third kappa shape index (κ3) is 3.78. The molecule has 6 heteroatoms. The first-order chi connectivity index (χ1) is 10.3. The number of halogens is 2. The summed E-state index contributed by atoms with van der Waals surface area (Å²) in [6.07, 6.45) is 0. The number of benzene rings is 1. The standard InChI is InChI=1S/C16H14ClFN2O2/c1-9(2)7-21-15-11(6-19)13(18)14(20-5)16(12(15)17)22-8-10(3)4/h1,3,7-8H2,2,4H3. The van der Waals surface area contributed by atoms with E-state index >= 15 is 0 Å². The maximum Gasteiger partial charge on any atom is 0.266 e. The van der Waals surface area contributed by atoms with Crippen LogP contribution in [0.5, 0.6) is 11.5 Å². The summed E-state index contributed by atoms with van der Waals surface area (Å²) in [6.45, 7) is 17.9. The minimum atomic E-state index is -1.02. The predicted octanol–water partition coefficient (Wildman–Crippen LogP) is 4.81. The minimum absolute atomic E-state index is 0.0606. The maximum atomic E-state index is 14.3. The van der Waals surface area contributed by atoms with Gasteiger partial charge in [-0.2, -0.15) is 5.26 Å². The van der Waals surface area contributed by atoms with Crippen molar-refractivity contribution in [1.29, 1.82) is 5.26 Å². The van der Waals surface area contributed by atoms with E-state index < -0.39 is 17.1 Å². The zero-order valence-corrected chi connectivity index (χ0v) is 13.1. The second-order valence-corrected chi connectivity index (χ2v) is 5.10. The summed E-state index contributed by atoms with van der Waals surface area (Å²) in [7, 11) is 0. The predicted molar refractivity (Wildman–Crippen MR) is 83.0 cm³/mol. The van der Waals surface area contributed by atoms with Gasteiger partial charge in [0.2, 0.25) is 0 Å². The lowest BCUT2D eigenvalue weighted by atomic mass is 10.1. The molecule has 0 atom stereocenters. The van der Waals surface area contributed by atoms with E-state index in [4.69, 9.17) is 32.9 Å². The average molecular weight is 321 g/mol. The van der Waals surface area contributed by atoms with E-state index in [1.165, 1.54) is 0 Å². The van der Waals surface area contributed by atoms with Crippen molar-refractivity contribution in [3.8, 4) is 17.6 Å². The molecule has 0 bridgehead atoms. The molecule has 0 aromatic heterocycles. The summed E-state index contributed by atoms with van der Waals surface area (Å²) in [5.74, 6) is -1.34. The van der Waals surface area contributed by atoms with Crippen molar-refractivity contribution < 1.29 is 13.9 Å². The van der Waals surface area contributed by atoms with Gasteiger partial charge < -0.3 is 9.47 Å². The SMILES string of the molecule is [C-]#[N+]c1c(F)c(C#N)c(OCC(=C)C)c(Cl)c1OCC(=C)C. The van der Waals surface area contributed by atoms with Crippen LogP contribution in [0.4, 0.5) is 10.1 Å². The fraction of sp³-hybridized carbons (Fsp3) is 0.250. The summed E-state index contributed by atoms with van der Waals surface area (Å²) in [4.78, 5) is 3.07.